The first-order chi connectivity index (χ1) is 16.0. The second-order valence-corrected chi connectivity index (χ2v) is 10.9. The summed E-state index contributed by atoms with van der Waals surface area (Å²) in [5.41, 5.74) is 1.59. The van der Waals surface area contributed by atoms with Crippen LogP contribution in [0.15, 0.2) is 29.2 Å². The van der Waals surface area contributed by atoms with E-state index in [1.54, 1.807) is 26.3 Å². The maximum Gasteiger partial charge on any atom is 0.264 e. The average Bonchev–Trinajstić information content (AvgIpc) is 3.10. The van der Waals surface area contributed by atoms with Crippen LogP contribution in [0, 0.1) is 17.8 Å². The van der Waals surface area contributed by atoms with Crippen LogP contribution in [0.1, 0.15) is 34.6 Å². The van der Waals surface area contributed by atoms with Crippen molar-refractivity contribution >= 4 is 15.9 Å². The Labute approximate surface area is 200 Å². The van der Waals surface area contributed by atoms with Crippen molar-refractivity contribution in [3.05, 3.63) is 24.3 Å². The Morgan fingerprint density at radius 1 is 1.29 bits per heavy atom. The fraction of sp³-hybridized carbons (Fsp3) is 0.609. The number of amides is 1. The molecule has 0 aliphatic carbocycles. The molecule has 188 valence electrons. The summed E-state index contributed by atoms with van der Waals surface area (Å²) in [7, 11) is -4.19. The van der Waals surface area contributed by atoms with Crippen LogP contribution in [-0.4, -0.2) is 73.7 Å². The van der Waals surface area contributed by atoms with Gasteiger partial charge < -0.3 is 18.9 Å². The predicted molar refractivity (Wildman–Crippen MR) is 121 cm³/mol. The van der Waals surface area contributed by atoms with Gasteiger partial charge >= 0.3 is 0 Å². The van der Waals surface area contributed by atoms with E-state index >= 15 is 0 Å². The Balaban J connectivity index is 1.97. The van der Waals surface area contributed by atoms with Crippen molar-refractivity contribution < 1.29 is 37.4 Å². The first-order valence-electron chi connectivity index (χ1n) is 11.1. The molecule has 2 heterocycles. The number of hydrogen-bond acceptors (Lipinski definition) is 8. The fourth-order valence-corrected chi connectivity index (χ4v) is 5.64. The number of benzene rings is 1. The molecule has 2 N–H and O–H groups in total. The van der Waals surface area contributed by atoms with Crippen molar-refractivity contribution in [3.8, 4) is 17.6 Å². The van der Waals surface area contributed by atoms with Crippen molar-refractivity contribution in [2.24, 2.45) is 5.92 Å². The largest absolute Gasteiger partial charge is 0.481 e. The number of piperidine rings is 1. The molecular formula is C23H32N2O8S. The van der Waals surface area contributed by atoms with E-state index in [-0.39, 0.29) is 30.6 Å². The van der Waals surface area contributed by atoms with Crippen molar-refractivity contribution in [2.45, 2.75) is 69.7 Å². The number of rotatable bonds is 8. The molecule has 0 bridgehead atoms. The zero-order valence-corrected chi connectivity index (χ0v) is 20.8. The lowest BCUT2D eigenvalue weighted by Gasteiger charge is -2.43. The number of hydrogen-bond donors (Lipinski definition) is 2. The van der Waals surface area contributed by atoms with Gasteiger partial charge in [-0.1, -0.05) is 19.8 Å². The molecule has 10 nitrogen and oxygen atoms in total. The standard InChI is InChI=1S/C23H32N2O8S/c1-6-7-12-30-16-8-10-17(11-9-16)34(28,29)25-13-18-20(33-23(4,5)32-18)21(31-14-15(2)3)19(25)22(26)24-27/h8-11,15,18-21,27H,12-14H2,1-5H3,(H,24,26)/t18-,19+,20-,21-/m0/s1. The minimum absolute atomic E-state index is 0.0450. The molecule has 3 rings (SSSR count). The number of ether oxygens (including phenoxy) is 4. The van der Waals surface area contributed by atoms with Gasteiger partial charge in [-0.25, -0.2) is 13.9 Å². The van der Waals surface area contributed by atoms with Gasteiger partial charge in [0.25, 0.3) is 5.91 Å². The van der Waals surface area contributed by atoms with E-state index in [1.165, 1.54) is 24.3 Å². The molecule has 0 radical (unpaired) electrons. The average molecular weight is 497 g/mol. The quantitative estimate of drug-likeness (QED) is 0.316. The minimum Gasteiger partial charge on any atom is -0.481 e. The highest BCUT2D eigenvalue weighted by molar-refractivity contribution is 7.89. The molecule has 1 aromatic carbocycles. The Morgan fingerprint density at radius 3 is 2.56 bits per heavy atom. The molecule has 2 aliphatic heterocycles. The SMILES string of the molecule is CC#CCOc1ccc(S(=O)(=O)N2C[C@@H]3OC(C)(C)O[C@@H]3[C@@H](OCC(C)C)[C@@H]2C(=O)NO)cc1. The molecule has 0 unspecified atom stereocenters. The highest BCUT2D eigenvalue weighted by Crippen LogP contribution is 2.39. The van der Waals surface area contributed by atoms with E-state index in [0.29, 0.717) is 5.75 Å². The molecule has 11 heteroatoms. The van der Waals surface area contributed by atoms with E-state index in [0.717, 1.165) is 4.31 Å². The maximum atomic E-state index is 13.7. The second-order valence-electron chi connectivity index (χ2n) is 9.01. The van der Waals surface area contributed by atoms with Crippen LogP contribution >= 0.6 is 0 Å². The van der Waals surface area contributed by atoms with Gasteiger partial charge in [0.2, 0.25) is 10.0 Å². The number of hydroxylamine groups is 1. The fourth-order valence-electron chi connectivity index (χ4n) is 4.04. The molecular weight excluding hydrogens is 464 g/mol. The van der Waals surface area contributed by atoms with Crippen LogP contribution in [0.2, 0.25) is 0 Å². The van der Waals surface area contributed by atoms with E-state index in [4.69, 9.17) is 18.9 Å². The molecule has 2 aliphatic rings. The maximum absolute atomic E-state index is 13.7. The third kappa shape index (κ3) is 5.71. The molecule has 2 saturated heterocycles. The van der Waals surface area contributed by atoms with E-state index in [9.17, 15) is 18.4 Å². The molecule has 34 heavy (non-hydrogen) atoms. The van der Waals surface area contributed by atoms with Gasteiger partial charge in [0.15, 0.2) is 5.79 Å². The zero-order valence-electron chi connectivity index (χ0n) is 20.0. The first kappa shape index (κ1) is 26.4. The summed E-state index contributed by atoms with van der Waals surface area (Å²) in [6.07, 6.45) is -2.36. The highest BCUT2D eigenvalue weighted by Gasteiger charge is 2.58. The molecule has 0 saturated carbocycles. The summed E-state index contributed by atoms with van der Waals surface area (Å²) in [4.78, 5) is 12.7. The van der Waals surface area contributed by atoms with E-state index < -0.39 is 46.1 Å². The van der Waals surface area contributed by atoms with Gasteiger partial charge in [-0.2, -0.15) is 4.31 Å². The van der Waals surface area contributed by atoms with Gasteiger partial charge in [-0.15, -0.1) is 5.92 Å². The van der Waals surface area contributed by atoms with Gasteiger partial charge in [-0.05, 0) is 51.0 Å². The predicted octanol–water partition coefficient (Wildman–Crippen LogP) is 1.53. The molecule has 1 aromatic rings. The highest BCUT2D eigenvalue weighted by atomic mass is 32.2. The smallest absolute Gasteiger partial charge is 0.264 e. The lowest BCUT2D eigenvalue weighted by Crippen LogP contribution is -2.66. The summed E-state index contributed by atoms with van der Waals surface area (Å²) < 4.78 is 51.8. The monoisotopic (exact) mass is 496 g/mol. The Morgan fingerprint density at radius 2 is 1.97 bits per heavy atom. The summed E-state index contributed by atoms with van der Waals surface area (Å²) in [6, 6.07) is 4.45. The Hall–Kier alpha value is -2.20. The summed E-state index contributed by atoms with van der Waals surface area (Å²) in [5.74, 6) is 4.14. The van der Waals surface area contributed by atoms with E-state index in [2.05, 4.69) is 11.8 Å². The number of nitrogens with zero attached hydrogens (tertiary/aromatic N) is 1. The molecule has 4 atom stereocenters. The van der Waals surface area contributed by atoms with Crippen molar-refractivity contribution in [3.63, 3.8) is 0 Å². The number of fused-ring (bicyclic) bond motifs is 1. The summed E-state index contributed by atoms with van der Waals surface area (Å²) in [5, 5.41) is 9.44. The molecule has 2 fully saturated rings. The van der Waals surface area contributed by atoms with Crippen LogP contribution in [0.3, 0.4) is 0 Å². The van der Waals surface area contributed by atoms with Gasteiger partial charge in [-0.3, -0.25) is 10.0 Å². The lowest BCUT2D eigenvalue weighted by molar-refractivity contribution is -0.167. The third-order valence-corrected chi connectivity index (χ3v) is 7.31. The number of carbonyl (C=O) groups is 1. The topological polar surface area (TPSA) is 124 Å². The van der Waals surface area contributed by atoms with Crippen LogP contribution < -0.4 is 10.2 Å². The molecule has 1 amide bonds. The lowest BCUT2D eigenvalue weighted by atomic mass is 9.95. The number of sulfonamides is 1. The second kappa shape index (κ2) is 10.6. The Bertz CT molecular complexity index is 1030. The Kier molecular flexibility index (Phi) is 8.23. The van der Waals surface area contributed by atoms with Crippen molar-refractivity contribution in [2.75, 3.05) is 19.8 Å². The number of carbonyl (C=O) groups excluding carboxylic acids is 1. The van der Waals surface area contributed by atoms with Crippen LogP contribution in [-0.2, 0) is 29.0 Å². The normalized spacial score (nSPS) is 26.4. The first-order valence-corrected chi connectivity index (χ1v) is 12.5. The van der Waals surface area contributed by atoms with Gasteiger partial charge in [0.1, 0.15) is 36.7 Å². The van der Waals surface area contributed by atoms with Crippen molar-refractivity contribution in [1.29, 1.82) is 0 Å². The van der Waals surface area contributed by atoms with E-state index in [1.807, 2.05) is 13.8 Å². The van der Waals surface area contributed by atoms with Crippen LogP contribution in [0.4, 0.5) is 0 Å². The van der Waals surface area contributed by atoms with Crippen LogP contribution in [0.25, 0.3) is 0 Å². The summed E-state index contributed by atoms with van der Waals surface area (Å²) in [6.45, 7) is 9.27. The molecule has 0 spiro atoms. The van der Waals surface area contributed by atoms with Gasteiger partial charge in [0.05, 0.1) is 4.90 Å². The summed E-state index contributed by atoms with van der Waals surface area (Å²) >= 11 is 0. The zero-order chi connectivity index (χ0) is 25.1. The third-order valence-electron chi connectivity index (χ3n) is 5.45. The van der Waals surface area contributed by atoms with Crippen molar-refractivity contribution in [1.82, 2.24) is 9.79 Å². The minimum atomic E-state index is -4.19. The number of nitrogens with one attached hydrogen (secondary N) is 1. The van der Waals surface area contributed by atoms with Gasteiger partial charge in [0, 0.05) is 13.2 Å². The van der Waals surface area contributed by atoms with Crippen LogP contribution in [0.5, 0.6) is 5.75 Å². The molecule has 0 aromatic heterocycles.